The Balaban J connectivity index is 1.85. The van der Waals surface area contributed by atoms with Crippen LogP contribution in [0.4, 0.5) is 4.39 Å². The molecule has 1 fully saturated rings. The average Bonchev–Trinajstić information content (AvgIpc) is 2.67. The third-order valence-corrected chi connectivity index (χ3v) is 5.10. The minimum absolute atomic E-state index is 0.267. The Morgan fingerprint density at radius 1 is 1.19 bits per heavy atom. The van der Waals surface area contributed by atoms with Gasteiger partial charge >= 0.3 is 0 Å². The first kappa shape index (κ1) is 17.8. The van der Waals surface area contributed by atoms with Crippen molar-refractivity contribution in [3.8, 4) is 17.0 Å². The van der Waals surface area contributed by atoms with Crippen molar-refractivity contribution in [1.82, 2.24) is 20.3 Å². The zero-order valence-electron chi connectivity index (χ0n) is 15.8. The highest BCUT2D eigenvalue weighted by molar-refractivity contribution is 5.81. The summed E-state index contributed by atoms with van der Waals surface area (Å²) < 4.78 is 20.4. The van der Waals surface area contributed by atoms with Crippen molar-refractivity contribution in [3.63, 3.8) is 0 Å². The van der Waals surface area contributed by atoms with E-state index in [-0.39, 0.29) is 11.6 Å². The van der Waals surface area contributed by atoms with Crippen LogP contribution >= 0.6 is 0 Å². The first-order valence-corrected chi connectivity index (χ1v) is 9.26. The van der Waals surface area contributed by atoms with Crippen molar-refractivity contribution in [1.29, 1.82) is 0 Å². The van der Waals surface area contributed by atoms with Crippen LogP contribution in [0.3, 0.4) is 0 Å². The molecule has 1 aliphatic heterocycles. The molecule has 1 saturated heterocycles. The van der Waals surface area contributed by atoms with E-state index >= 15 is 0 Å². The molecular weight excluding hydrogens is 343 g/mol. The first-order valence-electron chi connectivity index (χ1n) is 9.26. The second-order valence-electron chi connectivity index (χ2n) is 7.16. The van der Waals surface area contributed by atoms with Crippen molar-refractivity contribution in [3.05, 3.63) is 47.2 Å². The van der Waals surface area contributed by atoms with Crippen molar-refractivity contribution < 1.29 is 9.13 Å². The Bertz CT molecular complexity index is 999. The van der Waals surface area contributed by atoms with Crippen LogP contribution in [0, 0.1) is 19.7 Å². The Labute approximate surface area is 158 Å². The highest BCUT2D eigenvalue weighted by Crippen LogP contribution is 2.35. The predicted molar refractivity (Wildman–Crippen MR) is 104 cm³/mol. The number of hydrogen-bond acceptors (Lipinski definition) is 5. The smallest absolute Gasteiger partial charge is 0.163 e. The number of rotatable bonds is 3. The normalized spacial score (nSPS) is 17.3. The molecule has 0 unspecified atom stereocenters. The summed E-state index contributed by atoms with van der Waals surface area (Å²) in [6, 6.07) is 5.36. The van der Waals surface area contributed by atoms with Crippen LogP contribution < -0.4 is 10.1 Å². The maximum absolute atomic E-state index is 14.9. The van der Waals surface area contributed by atoms with Crippen LogP contribution in [0.1, 0.15) is 35.7 Å². The van der Waals surface area contributed by atoms with Gasteiger partial charge in [-0.1, -0.05) is 6.07 Å². The van der Waals surface area contributed by atoms with Crippen LogP contribution in [0.2, 0.25) is 0 Å². The fraction of sp³-hybridized carbons (Fsp3) is 0.381. The van der Waals surface area contributed by atoms with Gasteiger partial charge in [-0.3, -0.25) is 0 Å². The quantitative estimate of drug-likeness (QED) is 0.761. The molecule has 1 aromatic carbocycles. The molecule has 5 nitrogen and oxygen atoms in total. The molecule has 0 radical (unpaired) electrons. The zero-order valence-corrected chi connectivity index (χ0v) is 15.8. The molecule has 27 heavy (non-hydrogen) atoms. The van der Waals surface area contributed by atoms with E-state index in [1.807, 2.05) is 26.0 Å². The van der Waals surface area contributed by atoms with E-state index in [9.17, 15) is 4.39 Å². The van der Waals surface area contributed by atoms with E-state index in [0.29, 0.717) is 22.3 Å². The van der Waals surface area contributed by atoms with Gasteiger partial charge < -0.3 is 10.1 Å². The molecule has 6 heteroatoms. The van der Waals surface area contributed by atoms with Gasteiger partial charge in [0.2, 0.25) is 0 Å². The van der Waals surface area contributed by atoms with Crippen molar-refractivity contribution >= 4 is 11.0 Å². The largest absolute Gasteiger partial charge is 0.496 e. The Morgan fingerprint density at radius 3 is 2.78 bits per heavy atom. The Morgan fingerprint density at radius 2 is 2.04 bits per heavy atom. The Hall–Kier alpha value is -2.60. The minimum atomic E-state index is -0.400. The molecular formula is C21H23FN4O. The monoisotopic (exact) mass is 366 g/mol. The van der Waals surface area contributed by atoms with Gasteiger partial charge in [0.05, 0.1) is 7.11 Å². The summed E-state index contributed by atoms with van der Waals surface area (Å²) in [5, 5.41) is 3.98. The number of hydrogen-bond donors (Lipinski definition) is 1. The van der Waals surface area contributed by atoms with E-state index in [2.05, 4.69) is 20.3 Å². The van der Waals surface area contributed by atoms with E-state index < -0.39 is 5.82 Å². The second kappa shape index (κ2) is 7.19. The highest BCUT2D eigenvalue weighted by Gasteiger charge is 2.21. The fourth-order valence-electron chi connectivity index (χ4n) is 3.79. The lowest BCUT2D eigenvalue weighted by Gasteiger charge is -2.21. The molecule has 140 valence electrons. The summed E-state index contributed by atoms with van der Waals surface area (Å²) in [4.78, 5) is 13.7. The van der Waals surface area contributed by atoms with Gasteiger partial charge in [-0.15, -0.1) is 0 Å². The minimum Gasteiger partial charge on any atom is -0.496 e. The third-order valence-electron chi connectivity index (χ3n) is 5.10. The predicted octanol–water partition coefficient (Wildman–Crippen LogP) is 3.92. The summed E-state index contributed by atoms with van der Waals surface area (Å²) in [7, 11) is 1.59. The highest BCUT2D eigenvalue weighted by atomic mass is 19.1. The van der Waals surface area contributed by atoms with Crippen LogP contribution in [0.15, 0.2) is 24.4 Å². The maximum Gasteiger partial charge on any atom is 0.163 e. The van der Waals surface area contributed by atoms with E-state index in [1.54, 1.807) is 13.3 Å². The zero-order chi connectivity index (χ0) is 19.0. The van der Waals surface area contributed by atoms with Crippen LogP contribution in [-0.2, 0) is 0 Å². The molecule has 3 heterocycles. The molecule has 0 aliphatic carbocycles. The van der Waals surface area contributed by atoms with Gasteiger partial charge in [0.25, 0.3) is 0 Å². The number of benzene rings is 1. The summed E-state index contributed by atoms with van der Waals surface area (Å²) in [5.74, 6) is 1.26. The third kappa shape index (κ3) is 3.37. The topological polar surface area (TPSA) is 59.9 Å². The van der Waals surface area contributed by atoms with Gasteiger partial charge in [0.15, 0.2) is 5.65 Å². The molecule has 4 rings (SSSR count). The molecule has 0 saturated carbocycles. The summed E-state index contributed by atoms with van der Waals surface area (Å²) >= 11 is 0. The van der Waals surface area contributed by atoms with E-state index in [1.165, 1.54) is 6.07 Å². The average molecular weight is 366 g/mol. The summed E-state index contributed by atoms with van der Waals surface area (Å²) in [6.45, 7) is 5.82. The number of nitrogens with zero attached hydrogens (tertiary/aromatic N) is 3. The van der Waals surface area contributed by atoms with Crippen molar-refractivity contribution in [2.75, 3.05) is 20.2 Å². The molecule has 0 amide bonds. The van der Waals surface area contributed by atoms with Gasteiger partial charge in [0, 0.05) is 29.6 Å². The lowest BCUT2D eigenvalue weighted by atomic mass is 9.98. The fourth-order valence-corrected chi connectivity index (χ4v) is 3.79. The van der Waals surface area contributed by atoms with Crippen LogP contribution in [0.5, 0.6) is 5.75 Å². The van der Waals surface area contributed by atoms with Crippen molar-refractivity contribution in [2.45, 2.75) is 32.6 Å². The van der Waals surface area contributed by atoms with Gasteiger partial charge in [-0.2, -0.15) is 0 Å². The lowest BCUT2D eigenvalue weighted by molar-refractivity contribution is 0.415. The van der Waals surface area contributed by atoms with E-state index in [4.69, 9.17) is 4.74 Å². The molecule has 1 atom stereocenters. The summed E-state index contributed by atoms with van der Waals surface area (Å²) in [5.41, 5.74) is 3.43. The molecule has 3 aromatic rings. The lowest BCUT2D eigenvalue weighted by Crippen LogP contribution is -2.29. The molecule has 1 aliphatic rings. The second-order valence-corrected chi connectivity index (χ2v) is 7.16. The molecule has 1 N–H and O–H groups in total. The first-order chi connectivity index (χ1) is 13.1. The SMILES string of the molecule is COc1cc(C)cc(C)c1-c1nc2nc([C@@H]3CCCNC3)ncc2cc1F. The standard InChI is InChI=1S/C21H23FN4O/c1-12-7-13(2)18(17(8-12)27-3)19-16(22)9-15-11-24-20(26-21(15)25-19)14-5-4-6-23-10-14/h7-9,11,14,23H,4-6,10H2,1-3H3/t14-/m1/s1. The number of aryl methyl sites for hydroxylation is 2. The number of halogens is 1. The number of fused-ring (bicyclic) bond motifs is 1. The van der Waals surface area contributed by atoms with Crippen LogP contribution in [-0.4, -0.2) is 35.2 Å². The number of piperidine rings is 1. The molecule has 2 aromatic heterocycles. The summed E-state index contributed by atoms with van der Waals surface area (Å²) in [6.07, 6.45) is 3.83. The van der Waals surface area contributed by atoms with Gasteiger partial charge in [-0.05, 0) is 56.5 Å². The van der Waals surface area contributed by atoms with Gasteiger partial charge in [-0.25, -0.2) is 19.3 Å². The number of nitrogens with one attached hydrogen (secondary N) is 1. The van der Waals surface area contributed by atoms with Gasteiger partial charge in [0.1, 0.15) is 23.1 Å². The van der Waals surface area contributed by atoms with Crippen LogP contribution in [0.25, 0.3) is 22.3 Å². The Kier molecular flexibility index (Phi) is 4.74. The van der Waals surface area contributed by atoms with Crippen molar-refractivity contribution in [2.24, 2.45) is 0 Å². The van der Waals surface area contributed by atoms with E-state index in [0.717, 1.165) is 42.9 Å². The number of ether oxygens (including phenoxy) is 1. The maximum atomic E-state index is 14.9. The number of methoxy groups -OCH3 is 1. The molecule has 0 bridgehead atoms. The number of pyridine rings is 1. The molecule has 0 spiro atoms. The number of aromatic nitrogens is 3.